The smallest absolute Gasteiger partial charge is 0.390 e. The van der Waals surface area contributed by atoms with Crippen molar-refractivity contribution in [1.82, 2.24) is 28.9 Å². The molecule has 1 fully saturated rings. The lowest BCUT2D eigenvalue weighted by atomic mass is 9.96. The van der Waals surface area contributed by atoms with Gasteiger partial charge >= 0.3 is 5.76 Å². The van der Waals surface area contributed by atoms with Gasteiger partial charge in [0, 0.05) is 7.05 Å². The SMILES string of the molecule is Cc1ccc([C@@H]2CC[C@@H](n3nc(Cn4cnc5ncn(C)c5c4=O)oc3=O)C2)cc1. The zero-order valence-corrected chi connectivity index (χ0v) is 16.9. The van der Waals surface area contributed by atoms with E-state index in [1.54, 1.807) is 17.9 Å². The maximum absolute atomic E-state index is 12.7. The average Bonchev–Trinajstić information content (AvgIpc) is 3.44. The molecule has 9 heteroatoms. The van der Waals surface area contributed by atoms with E-state index in [1.807, 2.05) is 0 Å². The third-order valence-corrected chi connectivity index (χ3v) is 5.92. The molecule has 0 aliphatic heterocycles. The van der Waals surface area contributed by atoms with Gasteiger partial charge in [-0.25, -0.2) is 14.8 Å². The van der Waals surface area contributed by atoms with Crippen molar-refractivity contribution in [3.8, 4) is 0 Å². The fraction of sp³-hybridized carbons (Fsp3) is 0.381. The molecule has 0 amide bonds. The van der Waals surface area contributed by atoms with E-state index in [4.69, 9.17) is 4.42 Å². The molecule has 0 N–H and O–H groups in total. The number of nitrogens with zero attached hydrogens (tertiary/aromatic N) is 6. The van der Waals surface area contributed by atoms with Crippen LogP contribution in [0.25, 0.3) is 11.2 Å². The van der Waals surface area contributed by atoms with Crippen molar-refractivity contribution in [3.05, 3.63) is 74.8 Å². The summed E-state index contributed by atoms with van der Waals surface area (Å²) in [4.78, 5) is 33.4. The lowest BCUT2D eigenvalue weighted by molar-refractivity contribution is 0.401. The second kappa shape index (κ2) is 7.08. The van der Waals surface area contributed by atoms with Crippen molar-refractivity contribution in [2.75, 3.05) is 0 Å². The van der Waals surface area contributed by atoms with Gasteiger partial charge in [-0.2, -0.15) is 4.68 Å². The number of fused-ring (bicyclic) bond motifs is 1. The molecule has 0 bridgehead atoms. The fourth-order valence-electron chi connectivity index (χ4n) is 4.27. The van der Waals surface area contributed by atoms with Gasteiger partial charge in [-0.05, 0) is 37.7 Å². The molecular formula is C21H22N6O3. The molecule has 0 unspecified atom stereocenters. The minimum absolute atomic E-state index is 0.00398. The van der Waals surface area contributed by atoms with Gasteiger partial charge in [0.05, 0.1) is 12.4 Å². The largest absolute Gasteiger partial charge is 0.437 e. The standard InChI is InChI=1S/C21H22N6O3/c1-13-3-5-14(6-4-13)15-7-8-16(9-15)27-21(29)30-17(24-27)10-26-12-23-19-18(20(26)28)25(2)11-22-19/h3-6,11-12,15-16H,7-10H2,1-2H3/t15-,16-/m1/s1. The van der Waals surface area contributed by atoms with Gasteiger partial charge in [-0.1, -0.05) is 29.8 Å². The summed E-state index contributed by atoms with van der Waals surface area (Å²) in [6.07, 6.45) is 5.66. The van der Waals surface area contributed by atoms with Gasteiger partial charge in [-0.15, -0.1) is 5.10 Å². The molecule has 4 aromatic rings. The Balaban J connectivity index is 1.37. The van der Waals surface area contributed by atoms with E-state index >= 15 is 0 Å². The number of hydrogen-bond acceptors (Lipinski definition) is 6. The van der Waals surface area contributed by atoms with Crippen LogP contribution in [0.1, 0.15) is 48.2 Å². The molecule has 1 saturated carbocycles. The number of imidazole rings is 1. The van der Waals surface area contributed by atoms with E-state index in [1.165, 1.54) is 26.7 Å². The zero-order chi connectivity index (χ0) is 20.8. The van der Waals surface area contributed by atoms with E-state index in [0.29, 0.717) is 17.1 Å². The summed E-state index contributed by atoms with van der Waals surface area (Å²) < 4.78 is 9.79. The third-order valence-electron chi connectivity index (χ3n) is 5.92. The Hall–Kier alpha value is -3.49. The number of hydrogen-bond donors (Lipinski definition) is 0. The second-order valence-corrected chi connectivity index (χ2v) is 7.99. The molecule has 1 aromatic carbocycles. The number of aromatic nitrogens is 6. The van der Waals surface area contributed by atoms with Crippen LogP contribution >= 0.6 is 0 Å². The maximum Gasteiger partial charge on any atom is 0.437 e. The number of benzene rings is 1. The molecule has 0 radical (unpaired) electrons. The Kier molecular flexibility index (Phi) is 4.38. The fourth-order valence-corrected chi connectivity index (χ4v) is 4.27. The maximum atomic E-state index is 12.7. The molecule has 154 valence electrons. The topological polar surface area (TPSA) is 101 Å². The second-order valence-electron chi connectivity index (χ2n) is 7.99. The van der Waals surface area contributed by atoms with Crippen LogP contribution in [0.5, 0.6) is 0 Å². The molecule has 5 rings (SSSR count). The molecular weight excluding hydrogens is 384 g/mol. The average molecular weight is 406 g/mol. The van der Waals surface area contributed by atoms with Crippen LogP contribution in [-0.4, -0.2) is 28.9 Å². The van der Waals surface area contributed by atoms with Gasteiger partial charge < -0.3 is 8.98 Å². The minimum atomic E-state index is -0.484. The first-order valence-corrected chi connectivity index (χ1v) is 10.0. The number of aryl methyl sites for hydroxylation is 2. The van der Waals surface area contributed by atoms with Gasteiger partial charge in [0.2, 0.25) is 5.89 Å². The van der Waals surface area contributed by atoms with Crippen LogP contribution in [0, 0.1) is 6.92 Å². The molecule has 0 saturated heterocycles. The van der Waals surface area contributed by atoms with Gasteiger partial charge in [0.25, 0.3) is 5.56 Å². The first kappa shape index (κ1) is 18.5. The van der Waals surface area contributed by atoms with Crippen LogP contribution in [0.3, 0.4) is 0 Å². The van der Waals surface area contributed by atoms with Crippen molar-refractivity contribution in [2.24, 2.45) is 7.05 Å². The summed E-state index contributed by atoms with van der Waals surface area (Å²) in [6.45, 7) is 2.12. The Bertz CT molecular complexity index is 1330. The third kappa shape index (κ3) is 3.16. The summed E-state index contributed by atoms with van der Waals surface area (Å²) in [6, 6.07) is 8.55. The Morgan fingerprint density at radius 2 is 1.87 bits per heavy atom. The first-order valence-electron chi connectivity index (χ1n) is 10.0. The lowest BCUT2D eigenvalue weighted by Gasteiger charge is -2.11. The minimum Gasteiger partial charge on any atom is -0.390 e. The van der Waals surface area contributed by atoms with E-state index in [-0.39, 0.29) is 24.0 Å². The molecule has 9 nitrogen and oxygen atoms in total. The quantitative estimate of drug-likeness (QED) is 0.515. The van der Waals surface area contributed by atoms with Crippen molar-refractivity contribution in [3.63, 3.8) is 0 Å². The highest BCUT2D eigenvalue weighted by Crippen LogP contribution is 2.40. The zero-order valence-electron chi connectivity index (χ0n) is 16.9. The molecule has 30 heavy (non-hydrogen) atoms. The van der Waals surface area contributed by atoms with E-state index in [9.17, 15) is 9.59 Å². The molecule has 3 heterocycles. The molecule has 1 aliphatic carbocycles. The molecule has 3 aromatic heterocycles. The van der Waals surface area contributed by atoms with E-state index < -0.39 is 5.76 Å². The van der Waals surface area contributed by atoms with Gasteiger partial charge in [-0.3, -0.25) is 9.36 Å². The van der Waals surface area contributed by atoms with Crippen LogP contribution in [0.15, 0.2) is 50.9 Å². The first-order chi connectivity index (χ1) is 14.5. The highest BCUT2D eigenvalue weighted by Gasteiger charge is 2.30. The monoisotopic (exact) mass is 406 g/mol. The van der Waals surface area contributed by atoms with Crippen molar-refractivity contribution in [2.45, 2.75) is 44.7 Å². The van der Waals surface area contributed by atoms with Crippen molar-refractivity contribution in [1.29, 1.82) is 0 Å². The van der Waals surface area contributed by atoms with Crippen LogP contribution in [0.2, 0.25) is 0 Å². The van der Waals surface area contributed by atoms with Crippen LogP contribution in [-0.2, 0) is 13.6 Å². The normalized spacial score (nSPS) is 19.0. The summed E-state index contributed by atoms with van der Waals surface area (Å²) in [5.74, 6) is 0.119. The molecule has 0 spiro atoms. The predicted molar refractivity (Wildman–Crippen MR) is 109 cm³/mol. The highest BCUT2D eigenvalue weighted by atomic mass is 16.4. The van der Waals surface area contributed by atoms with Crippen LogP contribution < -0.4 is 11.3 Å². The van der Waals surface area contributed by atoms with Crippen LogP contribution in [0.4, 0.5) is 0 Å². The summed E-state index contributed by atoms with van der Waals surface area (Å²) in [5, 5.41) is 4.39. The lowest BCUT2D eigenvalue weighted by Crippen LogP contribution is -2.23. The van der Waals surface area contributed by atoms with E-state index in [2.05, 4.69) is 46.3 Å². The van der Waals surface area contributed by atoms with Gasteiger partial charge in [0.1, 0.15) is 12.9 Å². The summed E-state index contributed by atoms with van der Waals surface area (Å²) in [7, 11) is 1.74. The van der Waals surface area contributed by atoms with E-state index in [0.717, 1.165) is 19.3 Å². The predicted octanol–water partition coefficient (Wildman–Crippen LogP) is 2.15. The van der Waals surface area contributed by atoms with Crippen molar-refractivity contribution >= 4 is 11.2 Å². The van der Waals surface area contributed by atoms with Crippen molar-refractivity contribution < 1.29 is 4.42 Å². The molecule has 2 atom stereocenters. The van der Waals surface area contributed by atoms with Gasteiger partial charge in [0.15, 0.2) is 11.2 Å². The molecule has 1 aliphatic rings. The summed E-state index contributed by atoms with van der Waals surface area (Å²) >= 11 is 0. The number of rotatable bonds is 4. The Morgan fingerprint density at radius 3 is 2.67 bits per heavy atom. The summed E-state index contributed by atoms with van der Waals surface area (Å²) in [5.41, 5.74) is 3.06. The highest BCUT2D eigenvalue weighted by molar-refractivity contribution is 5.68. The Labute approximate surface area is 171 Å². The Morgan fingerprint density at radius 1 is 1.10 bits per heavy atom.